The summed E-state index contributed by atoms with van der Waals surface area (Å²) in [6.45, 7) is 9.95. The lowest BCUT2D eigenvalue weighted by molar-refractivity contribution is 0.245. The highest BCUT2D eigenvalue weighted by Gasteiger charge is 2.44. The van der Waals surface area contributed by atoms with E-state index in [4.69, 9.17) is 0 Å². The van der Waals surface area contributed by atoms with Crippen molar-refractivity contribution in [2.24, 2.45) is 5.41 Å². The third-order valence-electron chi connectivity index (χ3n) is 7.49. The SMILES string of the molecule is CC(C)c1ccc(N2CCC3(CC2)CC(C)N(c2ccc(C#N)c4ncccc24)C3)cn1. The van der Waals surface area contributed by atoms with E-state index in [0.717, 1.165) is 36.2 Å². The molecule has 5 rings (SSSR count). The maximum atomic E-state index is 9.49. The van der Waals surface area contributed by atoms with E-state index in [1.54, 1.807) is 6.20 Å². The van der Waals surface area contributed by atoms with Crippen LogP contribution in [0, 0.1) is 16.7 Å². The molecule has 4 heterocycles. The minimum atomic E-state index is 0.351. The van der Waals surface area contributed by atoms with Crippen molar-refractivity contribution in [1.29, 1.82) is 5.26 Å². The van der Waals surface area contributed by atoms with Crippen LogP contribution in [-0.4, -0.2) is 35.6 Å². The van der Waals surface area contributed by atoms with Crippen molar-refractivity contribution in [1.82, 2.24) is 9.97 Å². The molecule has 2 aromatic heterocycles. The minimum Gasteiger partial charge on any atom is -0.370 e. The summed E-state index contributed by atoms with van der Waals surface area (Å²) >= 11 is 0. The molecule has 2 aliphatic rings. The van der Waals surface area contributed by atoms with Crippen molar-refractivity contribution >= 4 is 22.3 Å². The molecule has 2 aliphatic heterocycles. The normalized spacial score (nSPS) is 20.3. The van der Waals surface area contributed by atoms with Crippen molar-refractivity contribution in [3.8, 4) is 6.07 Å². The standard InChI is InChI=1S/C27H31N5/c1-19(2)24-8-7-22(17-30-24)31-13-10-27(11-14-31)15-20(3)32(18-27)25-9-6-21(16-28)26-23(25)5-4-12-29-26/h4-9,12,17,19-20H,10-11,13-15,18H2,1-3H3. The number of nitrogens with zero attached hydrogens (tertiary/aromatic N) is 5. The van der Waals surface area contributed by atoms with Gasteiger partial charge in [0.1, 0.15) is 6.07 Å². The van der Waals surface area contributed by atoms with Crippen LogP contribution >= 0.6 is 0 Å². The van der Waals surface area contributed by atoms with E-state index in [0.29, 0.717) is 22.9 Å². The van der Waals surface area contributed by atoms with Crippen LogP contribution < -0.4 is 9.80 Å². The van der Waals surface area contributed by atoms with Gasteiger partial charge in [-0.2, -0.15) is 5.26 Å². The Kier molecular flexibility index (Phi) is 5.25. The first-order valence-electron chi connectivity index (χ1n) is 11.7. The lowest BCUT2D eigenvalue weighted by Gasteiger charge is -2.40. The van der Waals surface area contributed by atoms with E-state index in [1.165, 1.54) is 30.6 Å². The predicted molar refractivity (Wildman–Crippen MR) is 130 cm³/mol. The van der Waals surface area contributed by atoms with E-state index in [1.807, 2.05) is 18.3 Å². The summed E-state index contributed by atoms with van der Waals surface area (Å²) in [7, 11) is 0. The van der Waals surface area contributed by atoms with Crippen LogP contribution in [0.15, 0.2) is 48.8 Å². The zero-order chi connectivity index (χ0) is 22.3. The van der Waals surface area contributed by atoms with Crippen LogP contribution in [-0.2, 0) is 0 Å². The third-order valence-corrected chi connectivity index (χ3v) is 7.49. The number of aromatic nitrogens is 2. The Morgan fingerprint density at radius 2 is 1.91 bits per heavy atom. The topological polar surface area (TPSA) is 56.0 Å². The summed E-state index contributed by atoms with van der Waals surface area (Å²) in [6.07, 6.45) is 7.44. The van der Waals surface area contributed by atoms with Gasteiger partial charge in [-0.15, -0.1) is 0 Å². The first kappa shape index (κ1) is 20.8. The van der Waals surface area contributed by atoms with Crippen molar-refractivity contribution < 1.29 is 0 Å². The molecule has 0 bridgehead atoms. The van der Waals surface area contributed by atoms with Crippen molar-refractivity contribution in [2.75, 3.05) is 29.4 Å². The van der Waals surface area contributed by atoms with Gasteiger partial charge in [-0.3, -0.25) is 9.97 Å². The van der Waals surface area contributed by atoms with Gasteiger partial charge < -0.3 is 9.80 Å². The number of nitriles is 1. The van der Waals surface area contributed by atoms with Gasteiger partial charge in [0.05, 0.1) is 23.0 Å². The zero-order valence-corrected chi connectivity index (χ0v) is 19.3. The molecule has 0 saturated carbocycles. The highest BCUT2D eigenvalue weighted by atomic mass is 15.2. The summed E-state index contributed by atoms with van der Waals surface area (Å²) in [5.74, 6) is 0.466. The van der Waals surface area contributed by atoms with Crippen LogP contribution in [0.3, 0.4) is 0 Å². The van der Waals surface area contributed by atoms with Crippen LogP contribution in [0.25, 0.3) is 10.9 Å². The van der Waals surface area contributed by atoms with Gasteiger partial charge in [-0.1, -0.05) is 13.8 Å². The molecule has 3 aromatic rings. The lowest BCUT2D eigenvalue weighted by Crippen LogP contribution is -2.41. The van der Waals surface area contributed by atoms with E-state index in [2.05, 4.69) is 70.9 Å². The molecule has 1 spiro atoms. The van der Waals surface area contributed by atoms with Crippen LogP contribution in [0.4, 0.5) is 11.4 Å². The molecular formula is C27H31N5. The summed E-state index contributed by atoms with van der Waals surface area (Å²) in [5, 5.41) is 10.6. The van der Waals surface area contributed by atoms with Gasteiger partial charge in [0.2, 0.25) is 0 Å². The van der Waals surface area contributed by atoms with E-state index in [9.17, 15) is 5.26 Å². The van der Waals surface area contributed by atoms with Gasteiger partial charge in [0.15, 0.2) is 0 Å². The highest BCUT2D eigenvalue weighted by Crippen LogP contribution is 2.46. The smallest absolute Gasteiger partial charge is 0.101 e. The number of anilines is 2. The van der Waals surface area contributed by atoms with Crippen LogP contribution in [0.2, 0.25) is 0 Å². The highest BCUT2D eigenvalue weighted by molar-refractivity contribution is 5.95. The first-order valence-corrected chi connectivity index (χ1v) is 11.7. The number of piperidine rings is 1. The summed E-state index contributed by atoms with van der Waals surface area (Å²) in [4.78, 5) is 14.2. The third kappa shape index (κ3) is 3.58. The number of hydrogen-bond donors (Lipinski definition) is 0. The van der Waals surface area contributed by atoms with Crippen molar-refractivity contribution in [3.63, 3.8) is 0 Å². The molecule has 2 fully saturated rings. The van der Waals surface area contributed by atoms with Crippen LogP contribution in [0.5, 0.6) is 0 Å². The molecule has 1 unspecified atom stereocenters. The van der Waals surface area contributed by atoms with Gasteiger partial charge >= 0.3 is 0 Å². The van der Waals surface area contributed by atoms with E-state index >= 15 is 0 Å². The Labute approximate surface area is 190 Å². The number of hydrogen-bond acceptors (Lipinski definition) is 5. The quantitative estimate of drug-likeness (QED) is 0.554. The molecule has 0 amide bonds. The monoisotopic (exact) mass is 425 g/mol. The molecule has 2 saturated heterocycles. The fraction of sp³-hybridized carbons (Fsp3) is 0.444. The second kappa shape index (κ2) is 8.09. The van der Waals surface area contributed by atoms with Gasteiger partial charge in [0.25, 0.3) is 0 Å². The van der Waals surface area contributed by atoms with Crippen molar-refractivity contribution in [3.05, 3.63) is 60.0 Å². The van der Waals surface area contributed by atoms with Crippen LogP contribution in [0.1, 0.15) is 57.2 Å². The Balaban J connectivity index is 1.34. The molecule has 1 aromatic carbocycles. The second-order valence-electron chi connectivity index (χ2n) is 9.91. The maximum absolute atomic E-state index is 9.49. The van der Waals surface area contributed by atoms with Gasteiger partial charge in [-0.25, -0.2) is 0 Å². The summed E-state index contributed by atoms with van der Waals surface area (Å²) in [6, 6.07) is 15.3. The molecule has 5 nitrogen and oxygen atoms in total. The Morgan fingerprint density at radius 1 is 1.09 bits per heavy atom. The molecule has 5 heteroatoms. The summed E-state index contributed by atoms with van der Waals surface area (Å²) in [5.41, 5.74) is 5.43. The molecule has 0 N–H and O–H groups in total. The fourth-order valence-electron chi connectivity index (χ4n) is 5.67. The largest absolute Gasteiger partial charge is 0.370 e. The van der Waals surface area contributed by atoms with Crippen molar-refractivity contribution in [2.45, 2.75) is 52.0 Å². The van der Waals surface area contributed by atoms with Gasteiger partial charge in [0, 0.05) is 48.6 Å². The molecule has 32 heavy (non-hydrogen) atoms. The molecular weight excluding hydrogens is 394 g/mol. The Morgan fingerprint density at radius 3 is 2.59 bits per heavy atom. The van der Waals surface area contributed by atoms with E-state index in [-0.39, 0.29) is 0 Å². The Hall–Kier alpha value is -3.13. The molecule has 0 aliphatic carbocycles. The first-order chi connectivity index (χ1) is 15.5. The molecule has 164 valence electrons. The number of fused-ring (bicyclic) bond motifs is 1. The zero-order valence-electron chi connectivity index (χ0n) is 19.3. The Bertz CT molecular complexity index is 1150. The average molecular weight is 426 g/mol. The molecule has 0 radical (unpaired) electrons. The number of rotatable bonds is 3. The number of pyridine rings is 2. The maximum Gasteiger partial charge on any atom is 0.101 e. The average Bonchev–Trinajstić information content (AvgIpc) is 3.14. The number of benzene rings is 1. The fourth-order valence-corrected chi connectivity index (χ4v) is 5.67. The lowest BCUT2D eigenvalue weighted by atomic mass is 9.76. The predicted octanol–water partition coefficient (Wildman–Crippen LogP) is 5.51. The van der Waals surface area contributed by atoms with E-state index < -0.39 is 0 Å². The second-order valence-corrected chi connectivity index (χ2v) is 9.91. The molecule has 1 atom stereocenters. The minimum absolute atomic E-state index is 0.351. The van der Waals surface area contributed by atoms with Gasteiger partial charge in [-0.05, 0) is 73.9 Å². The summed E-state index contributed by atoms with van der Waals surface area (Å²) < 4.78 is 0.